The van der Waals surface area contributed by atoms with Crippen LogP contribution >= 0.6 is 11.8 Å². The lowest BCUT2D eigenvalue weighted by Gasteiger charge is -2.33. The summed E-state index contributed by atoms with van der Waals surface area (Å²) >= 11 is 1.51. The number of nitrogens with zero attached hydrogens (tertiary/aromatic N) is 2. The molecule has 0 aliphatic rings. The van der Waals surface area contributed by atoms with Crippen molar-refractivity contribution in [2.45, 2.75) is 69.3 Å². The van der Waals surface area contributed by atoms with Gasteiger partial charge in [-0.15, -0.1) is 11.8 Å². The molecule has 0 radical (unpaired) electrons. The molecule has 232 valence electrons. The number of carbonyl (C=O) groups is 2. The number of hydrogen-bond donors (Lipinski definition) is 1. The van der Waals surface area contributed by atoms with Crippen LogP contribution in [-0.2, 0) is 26.2 Å². The van der Waals surface area contributed by atoms with Gasteiger partial charge in [-0.1, -0.05) is 62.2 Å². The molecule has 0 aliphatic carbocycles. The van der Waals surface area contributed by atoms with Crippen LogP contribution in [0.2, 0.25) is 0 Å². The largest absolute Gasteiger partial charge is 0.492 e. The second-order valence-corrected chi connectivity index (χ2v) is 12.9. The highest BCUT2D eigenvalue weighted by molar-refractivity contribution is 7.98. The quantitative estimate of drug-likeness (QED) is 0.154. The Bertz CT molecular complexity index is 1440. The Kier molecular flexibility index (Phi) is 12.9. The molecular weight excluding hydrogens is 583 g/mol. The van der Waals surface area contributed by atoms with Crippen molar-refractivity contribution in [2.24, 2.45) is 0 Å². The van der Waals surface area contributed by atoms with Gasteiger partial charge in [-0.2, -0.15) is 0 Å². The van der Waals surface area contributed by atoms with Crippen LogP contribution in [-0.4, -0.2) is 57.1 Å². The van der Waals surface area contributed by atoms with Crippen molar-refractivity contribution in [1.82, 2.24) is 10.2 Å². The molecule has 8 nitrogen and oxygen atoms in total. The first-order valence-electron chi connectivity index (χ1n) is 14.7. The molecule has 2 amide bonds. The number of para-hydroxylation sites is 2. The number of benzene rings is 3. The van der Waals surface area contributed by atoms with E-state index in [1.54, 1.807) is 48.5 Å². The van der Waals surface area contributed by atoms with Crippen molar-refractivity contribution in [2.75, 3.05) is 30.3 Å². The van der Waals surface area contributed by atoms with Crippen molar-refractivity contribution < 1.29 is 22.7 Å². The van der Waals surface area contributed by atoms with Crippen molar-refractivity contribution in [3.05, 3.63) is 83.9 Å². The number of sulfonamides is 1. The van der Waals surface area contributed by atoms with Crippen LogP contribution in [0.25, 0.3) is 0 Å². The number of aryl methyl sites for hydroxylation is 1. The monoisotopic (exact) mass is 625 g/mol. The molecule has 3 aromatic carbocycles. The second-order valence-electron chi connectivity index (χ2n) is 10.2. The van der Waals surface area contributed by atoms with Gasteiger partial charge in [-0.3, -0.25) is 13.9 Å². The molecule has 1 atom stereocenters. The lowest BCUT2D eigenvalue weighted by atomic mass is 10.1. The summed E-state index contributed by atoms with van der Waals surface area (Å²) in [6, 6.07) is 20.3. The molecule has 0 heterocycles. The van der Waals surface area contributed by atoms with Crippen LogP contribution in [0.1, 0.15) is 51.2 Å². The van der Waals surface area contributed by atoms with E-state index in [4.69, 9.17) is 4.74 Å². The van der Waals surface area contributed by atoms with Gasteiger partial charge in [0, 0.05) is 18.0 Å². The molecule has 0 fully saturated rings. The maximum absolute atomic E-state index is 14.3. The van der Waals surface area contributed by atoms with E-state index < -0.39 is 28.5 Å². The van der Waals surface area contributed by atoms with Gasteiger partial charge in [0.05, 0.1) is 17.2 Å². The SMILES string of the molecule is CCCCNC(=O)C(CC)N(Cc1ccc(C)cc1)C(=O)CN(c1ccccc1OCC)S(=O)(=O)c1ccc(SC)cc1. The van der Waals surface area contributed by atoms with Crippen LogP contribution in [0.3, 0.4) is 0 Å². The summed E-state index contributed by atoms with van der Waals surface area (Å²) in [4.78, 5) is 30.1. The molecule has 0 spiro atoms. The first-order chi connectivity index (χ1) is 20.7. The van der Waals surface area contributed by atoms with Gasteiger partial charge >= 0.3 is 0 Å². The molecule has 1 unspecified atom stereocenters. The molecule has 0 bridgehead atoms. The third-order valence-corrected chi connectivity index (χ3v) is 9.57. The zero-order valence-electron chi connectivity index (χ0n) is 25.7. The lowest BCUT2D eigenvalue weighted by Crippen LogP contribution is -2.52. The van der Waals surface area contributed by atoms with Gasteiger partial charge in [-0.25, -0.2) is 8.42 Å². The van der Waals surface area contributed by atoms with Gasteiger partial charge in [-0.05, 0) is 74.9 Å². The van der Waals surface area contributed by atoms with E-state index in [1.165, 1.54) is 16.7 Å². The molecular formula is C33H43N3O5S2. The molecule has 0 aliphatic heterocycles. The van der Waals surface area contributed by atoms with Gasteiger partial charge < -0.3 is 15.0 Å². The molecule has 3 rings (SSSR count). The Morgan fingerprint density at radius 3 is 2.23 bits per heavy atom. The van der Waals surface area contributed by atoms with Crippen LogP contribution in [0.5, 0.6) is 5.75 Å². The first kappa shape index (κ1) is 34.0. The van der Waals surface area contributed by atoms with Crippen molar-refractivity contribution in [1.29, 1.82) is 0 Å². The summed E-state index contributed by atoms with van der Waals surface area (Å²) in [6.45, 7) is 8.15. The van der Waals surface area contributed by atoms with Crippen LogP contribution in [0.4, 0.5) is 5.69 Å². The number of nitrogens with one attached hydrogen (secondary N) is 1. The fourth-order valence-corrected chi connectivity index (χ4v) is 6.48. The molecule has 43 heavy (non-hydrogen) atoms. The van der Waals surface area contributed by atoms with E-state index in [2.05, 4.69) is 5.32 Å². The van der Waals surface area contributed by atoms with Crippen molar-refractivity contribution in [3.8, 4) is 5.75 Å². The molecule has 0 aromatic heterocycles. The second kappa shape index (κ2) is 16.4. The van der Waals surface area contributed by atoms with E-state index in [-0.39, 0.29) is 23.0 Å². The number of thioether (sulfide) groups is 1. The van der Waals surface area contributed by atoms with Gasteiger partial charge in [0.25, 0.3) is 10.0 Å². The van der Waals surface area contributed by atoms with Gasteiger partial charge in [0.15, 0.2) is 0 Å². The highest BCUT2D eigenvalue weighted by atomic mass is 32.2. The number of rotatable bonds is 16. The number of amides is 2. The highest BCUT2D eigenvalue weighted by Crippen LogP contribution is 2.33. The maximum Gasteiger partial charge on any atom is 0.264 e. The van der Waals surface area contributed by atoms with E-state index >= 15 is 0 Å². The highest BCUT2D eigenvalue weighted by Gasteiger charge is 2.34. The summed E-state index contributed by atoms with van der Waals surface area (Å²) in [7, 11) is -4.20. The van der Waals surface area contributed by atoms with E-state index in [0.717, 1.165) is 33.2 Å². The minimum Gasteiger partial charge on any atom is -0.492 e. The minimum absolute atomic E-state index is 0.0545. The molecule has 1 N–H and O–H groups in total. The number of hydrogen-bond acceptors (Lipinski definition) is 6. The summed E-state index contributed by atoms with van der Waals surface area (Å²) in [5, 5.41) is 2.96. The smallest absolute Gasteiger partial charge is 0.264 e. The average molecular weight is 626 g/mol. The van der Waals surface area contributed by atoms with Crippen LogP contribution < -0.4 is 14.4 Å². The average Bonchev–Trinajstić information content (AvgIpc) is 3.01. The summed E-state index contributed by atoms with van der Waals surface area (Å²) in [6.07, 6.45) is 4.03. The third-order valence-electron chi connectivity index (χ3n) is 7.05. The van der Waals surface area contributed by atoms with E-state index in [0.29, 0.717) is 25.3 Å². The van der Waals surface area contributed by atoms with E-state index in [9.17, 15) is 18.0 Å². The Morgan fingerprint density at radius 2 is 1.63 bits per heavy atom. The van der Waals surface area contributed by atoms with Crippen molar-refractivity contribution in [3.63, 3.8) is 0 Å². The molecule has 0 saturated heterocycles. The minimum atomic E-state index is -4.20. The zero-order valence-corrected chi connectivity index (χ0v) is 27.3. The van der Waals surface area contributed by atoms with Crippen LogP contribution in [0.15, 0.2) is 82.6 Å². The number of ether oxygens (including phenoxy) is 1. The number of carbonyl (C=O) groups excluding carboxylic acids is 2. The van der Waals surface area contributed by atoms with E-state index in [1.807, 2.05) is 58.2 Å². The molecule has 0 saturated carbocycles. The molecule has 10 heteroatoms. The predicted octanol–water partition coefficient (Wildman–Crippen LogP) is 6.03. The Hall–Kier alpha value is -3.50. The lowest BCUT2D eigenvalue weighted by molar-refractivity contribution is -0.140. The van der Waals surface area contributed by atoms with Gasteiger partial charge in [0.2, 0.25) is 11.8 Å². The fourth-order valence-electron chi connectivity index (χ4n) is 4.64. The summed E-state index contributed by atoms with van der Waals surface area (Å²) in [5.41, 5.74) is 2.17. The summed E-state index contributed by atoms with van der Waals surface area (Å²) in [5.74, 6) is -0.404. The Labute approximate surface area is 260 Å². The predicted molar refractivity (Wildman–Crippen MR) is 174 cm³/mol. The maximum atomic E-state index is 14.3. The zero-order chi connectivity index (χ0) is 31.4. The number of unbranched alkanes of at least 4 members (excludes halogenated alkanes) is 1. The number of anilines is 1. The third kappa shape index (κ3) is 9.00. The first-order valence-corrected chi connectivity index (χ1v) is 17.3. The fraction of sp³-hybridized carbons (Fsp3) is 0.394. The summed E-state index contributed by atoms with van der Waals surface area (Å²) < 4.78 is 35.3. The van der Waals surface area contributed by atoms with Crippen LogP contribution in [0, 0.1) is 6.92 Å². The molecule has 3 aromatic rings. The standard InChI is InChI=1S/C33H43N3O5S2/c1-6-9-22-34-33(38)29(7-2)35(23-26-16-14-25(4)15-17-26)32(37)24-36(30-12-10-11-13-31(30)41-8-3)43(39,40)28-20-18-27(42-5)19-21-28/h10-21,29H,6-9,22-24H2,1-5H3,(H,34,38). The van der Waals surface area contributed by atoms with Gasteiger partial charge in [0.1, 0.15) is 18.3 Å². The Morgan fingerprint density at radius 1 is 0.953 bits per heavy atom. The topological polar surface area (TPSA) is 96.0 Å². The Balaban J connectivity index is 2.08. The normalized spacial score (nSPS) is 11.9. The van der Waals surface area contributed by atoms with Crippen molar-refractivity contribution >= 4 is 39.3 Å².